The molecule has 0 bridgehead atoms. The van der Waals surface area contributed by atoms with Crippen LogP contribution < -0.4 is 0 Å². The lowest BCUT2D eigenvalue weighted by Gasteiger charge is -2.29. The highest BCUT2D eigenvalue weighted by Crippen LogP contribution is 2.27. The van der Waals surface area contributed by atoms with Crippen molar-refractivity contribution in [3.63, 3.8) is 0 Å². The van der Waals surface area contributed by atoms with Gasteiger partial charge in [-0.15, -0.1) is 0 Å². The maximum atomic E-state index is 6.44. The summed E-state index contributed by atoms with van der Waals surface area (Å²) in [6, 6.07) is 0. The Morgan fingerprint density at radius 2 is 0.909 bits per heavy atom. The van der Waals surface area contributed by atoms with Crippen molar-refractivity contribution in [2.45, 2.75) is 104 Å². The van der Waals surface area contributed by atoms with Crippen LogP contribution in [-0.4, -0.2) is 16.6 Å². The summed E-state index contributed by atoms with van der Waals surface area (Å²) < 4.78 is 12.9. The number of hydrogen-bond acceptors (Lipinski definition) is 2. The van der Waals surface area contributed by atoms with Gasteiger partial charge in [-0.25, -0.2) is 0 Å². The van der Waals surface area contributed by atoms with Gasteiger partial charge in [0.25, 0.3) is 0 Å². The molecular formula is C18H40O2Si2. The van der Waals surface area contributed by atoms with Gasteiger partial charge in [-0.05, 0) is 52.1 Å². The van der Waals surface area contributed by atoms with Crippen LogP contribution in [0.5, 0.6) is 0 Å². The fraction of sp³-hybridized carbons (Fsp3) is 0.889. The van der Waals surface area contributed by atoms with Gasteiger partial charge in [-0.3, -0.25) is 0 Å². The van der Waals surface area contributed by atoms with E-state index in [1.807, 2.05) is 0 Å². The quantitative estimate of drug-likeness (QED) is 0.214. The molecule has 0 fully saturated rings. The van der Waals surface area contributed by atoms with E-state index in [0.29, 0.717) is 0 Å². The van der Waals surface area contributed by atoms with Gasteiger partial charge in [0.2, 0.25) is 16.6 Å². The molecule has 0 N–H and O–H groups in total. The Bertz CT molecular complexity index is 293. The molecule has 0 aliphatic rings. The average molecular weight is 345 g/mol. The van der Waals surface area contributed by atoms with Crippen molar-refractivity contribution in [1.82, 2.24) is 0 Å². The molecule has 22 heavy (non-hydrogen) atoms. The summed E-state index contributed by atoms with van der Waals surface area (Å²) in [4.78, 5) is 0. The number of rotatable bonds is 12. The molecule has 0 radical (unpaired) electrons. The third-order valence-electron chi connectivity index (χ3n) is 3.18. The van der Waals surface area contributed by atoms with E-state index in [-0.39, 0.29) is 0 Å². The number of hydrogen-bond donors (Lipinski definition) is 0. The van der Waals surface area contributed by atoms with Gasteiger partial charge in [0, 0.05) is 12.8 Å². The summed E-state index contributed by atoms with van der Waals surface area (Å²) in [6.07, 6.45) is 9.56. The molecule has 0 unspecified atom stereocenters. The Morgan fingerprint density at radius 3 is 1.14 bits per heavy atom. The maximum Gasteiger partial charge on any atom is 0.241 e. The van der Waals surface area contributed by atoms with Crippen LogP contribution in [0.2, 0.25) is 39.3 Å². The summed E-state index contributed by atoms with van der Waals surface area (Å²) in [5.74, 6) is 2.34. The Kier molecular flexibility index (Phi) is 10.4. The first kappa shape index (κ1) is 21.8. The summed E-state index contributed by atoms with van der Waals surface area (Å²) in [5.41, 5.74) is 0. The maximum absolute atomic E-state index is 6.44. The first-order valence-corrected chi connectivity index (χ1v) is 16.0. The fourth-order valence-corrected chi connectivity index (χ4v) is 4.22. The third-order valence-corrected chi connectivity index (χ3v) is 4.90. The van der Waals surface area contributed by atoms with Crippen LogP contribution in [0.3, 0.4) is 0 Å². The molecule has 0 heterocycles. The Labute approximate surface area is 141 Å². The van der Waals surface area contributed by atoms with Gasteiger partial charge >= 0.3 is 0 Å². The van der Waals surface area contributed by atoms with Gasteiger partial charge in [0.05, 0.1) is 0 Å². The molecule has 0 saturated heterocycles. The highest BCUT2D eigenvalue weighted by atomic mass is 28.4. The van der Waals surface area contributed by atoms with E-state index in [2.05, 4.69) is 53.1 Å². The predicted molar refractivity (Wildman–Crippen MR) is 104 cm³/mol. The Balaban J connectivity index is 5.20. The van der Waals surface area contributed by atoms with Gasteiger partial charge in [0.15, 0.2) is 0 Å². The zero-order valence-electron chi connectivity index (χ0n) is 16.5. The van der Waals surface area contributed by atoms with E-state index in [4.69, 9.17) is 8.85 Å². The molecule has 0 saturated carbocycles. The van der Waals surface area contributed by atoms with Crippen molar-refractivity contribution in [1.29, 1.82) is 0 Å². The third kappa shape index (κ3) is 12.3. The van der Waals surface area contributed by atoms with Crippen LogP contribution in [0.15, 0.2) is 11.5 Å². The minimum absolute atomic E-state index is 1.05. The Morgan fingerprint density at radius 1 is 0.591 bits per heavy atom. The van der Waals surface area contributed by atoms with Crippen LogP contribution >= 0.6 is 0 Å². The molecule has 0 aromatic carbocycles. The molecule has 0 aliphatic heterocycles. The standard InChI is InChI=1S/C18H40O2Si2/c1-9-11-13-15-17(19-21(3,4)5)18(16-14-12-10-2)20-22(6,7)8/h9-16H2,1-8H3. The normalized spacial score (nSPS) is 13.8. The highest BCUT2D eigenvalue weighted by molar-refractivity contribution is 6.70. The SMILES string of the molecule is CCCCCC(O[Si](C)(C)C)=C(CCCCC)O[Si](C)(C)C. The lowest BCUT2D eigenvalue weighted by molar-refractivity contribution is 0.309. The number of allylic oxidation sites excluding steroid dienone is 2. The first-order valence-electron chi connectivity index (χ1n) is 9.19. The monoisotopic (exact) mass is 344 g/mol. The largest absolute Gasteiger partial charge is 0.545 e. The Hall–Kier alpha value is -0.226. The number of unbranched alkanes of at least 4 members (excludes halogenated alkanes) is 4. The molecule has 132 valence electrons. The summed E-state index contributed by atoms with van der Waals surface area (Å²) in [6.45, 7) is 18.1. The van der Waals surface area contributed by atoms with Crippen molar-refractivity contribution < 1.29 is 8.85 Å². The second-order valence-corrected chi connectivity index (χ2v) is 17.0. The molecular weight excluding hydrogens is 304 g/mol. The molecule has 0 aromatic rings. The van der Waals surface area contributed by atoms with E-state index in [9.17, 15) is 0 Å². The van der Waals surface area contributed by atoms with Crippen LogP contribution in [0.1, 0.15) is 65.2 Å². The van der Waals surface area contributed by atoms with E-state index < -0.39 is 16.6 Å². The van der Waals surface area contributed by atoms with Crippen molar-refractivity contribution in [3.8, 4) is 0 Å². The molecule has 0 amide bonds. The molecule has 4 heteroatoms. The first-order chi connectivity index (χ1) is 10.1. The molecule has 0 rings (SSSR count). The van der Waals surface area contributed by atoms with Gasteiger partial charge < -0.3 is 8.85 Å². The van der Waals surface area contributed by atoms with Crippen LogP contribution in [0, 0.1) is 0 Å². The van der Waals surface area contributed by atoms with E-state index >= 15 is 0 Å². The van der Waals surface area contributed by atoms with E-state index in [0.717, 1.165) is 12.8 Å². The van der Waals surface area contributed by atoms with Crippen LogP contribution in [0.25, 0.3) is 0 Å². The molecule has 0 atom stereocenters. The van der Waals surface area contributed by atoms with Crippen molar-refractivity contribution in [3.05, 3.63) is 11.5 Å². The summed E-state index contributed by atoms with van der Waals surface area (Å²) in [7, 11) is -3.18. The smallest absolute Gasteiger partial charge is 0.241 e. The van der Waals surface area contributed by atoms with Crippen LogP contribution in [-0.2, 0) is 8.85 Å². The molecule has 2 nitrogen and oxygen atoms in total. The highest BCUT2D eigenvalue weighted by Gasteiger charge is 2.24. The minimum Gasteiger partial charge on any atom is -0.545 e. The summed E-state index contributed by atoms with van der Waals surface area (Å²) >= 11 is 0. The molecule has 0 spiro atoms. The average Bonchev–Trinajstić information content (AvgIpc) is 2.34. The van der Waals surface area contributed by atoms with Crippen molar-refractivity contribution in [2.75, 3.05) is 0 Å². The second-order valence-electron chi connectivity index (χ2n) is 8.19. The van der Waals surface area contributed by atoms with Crippen molar-refractivity contribution in [2.24, 2.45) is 0 Å². The summed E-state index contributed by atoms with van der Waals surface area (Å²) in [5, 5.41) is 0. The van der Waals surface area contributed by atoms with Crippen LogP contribution in [0.4, 0.5) is 0 Å². The molecule has 0 aromatic heterocycles. The fourth-order valence-electron chi connectivity index (χ4n) is 2.31. The van der Waals surface area contributed by atoms with Crippen molar-refractivity contribution >= 4 is 16.6 Å². The van der Waals surface area contributed by atoms with E-state index in [1.165, 1.54) is 50.0 Å². The lowest BCUT2D eigenvalue weighted by atomic mass is 10.1. The minimum atomic E-state index is -1.59. The van der Waals surface area contributed by atoms with E-state index in [1.54, 1.807) is 0 Å². The molecule has 0 aliphatic carbocycles. The van der Waals surface area contributed by atoms with Gasteiger partial charge in [-0.2, -0.15) is 0 Å². The van der Waals surface area contributed by atoms with Gasteiger partial charge in [0.1, 0.15) is 11.5 Å². The topological polar surface area (TPSA) is 18.5 Å². The zero-order valence-corrected chi connectivity index (χ0v) is 18.5. The zero-order chi connectivity index (χ0) is 17.2. The predicted octanol–water partition coefficient (Wildman–Crippen LogP) is 7.06. The second kappa shape index (κ2) is 10.5. The lowest BCUT2D eigenvalue weighted by Crippen LogP contribution is -2.29. The van der Waals surface area contributed by atoms with Gasteiger partial charge in [-0.1, -0.05) is 39.5 Å².